The zero-order chi connectivity index (χ0) is 10.1. The average molecular weight is 198 g/mol. The van der Waals surface area contributed by atoms with Gasteiger partial charge < -0.3 is 4.74 Å². The van der Waals surface area contributed by atoms with Crippen LogP contribution in [-0.2, 0) is 4.74 Å². The minimum Gasteiger partial charge on any atom is -0.359 e. The van der Waals surface area contributed by atoms with Crippen LogP contribution in [0, 0.1) is 0 Å². The van der Waals surface area contributed by atoms with Gasteiger partial charge in [0.25, 0.3) is 0 Å². The molecule has 0 N–H and O–H groups in total. The zero-order valence-corrected chi connectivity index (χ0v) is 8.08. The van der Waals surface area contributed by atoms with Gasteiger partial charge in [0.2, 0.25) is 0 Å². The molecule has 2 atom stereocenters. The van der Waals surface area contributed by atoms with Crippen molar-refractivity contribution in [3.63, 3.8) is 0 Å². The number of epoxide rings is 1. The van der Waals surface area contributed by atoms with E-state index in [0.29, 0.717) is 0 Å². The van der Waals surface area contributed by atoms with E-state index in [1.807, 2.05) is 36.7 Å². The van der Waals surface area contributed by atoms with Gasteiger partial charge in [-0.15, -0.1) is 0 Å². The van der Waals surface area contributed by atoms with Crippen molar-refractivity contribution >= 4 is 0 Å². The highest BCUT2D eigenvalue weighted by Crippen LogP contribution is 2.50. The molecule has 3 nitrogen and oxygen atoms in total. The Hall–Kier alpha value is -1.74. The molecule has 15 heavy (non-hydrogen) atoms. The van der Waals surface area contributed by atoms with Crippen LogP contribution < -0.4 is 0 Å². The summed E-state index contributed by atoms with van der Waals surface area (Å²) in [4.78, 5) is 8.16. The first-order chi connectivity index (χ1) is 7.45. The maximum atomic E-state index is 5.61. The summed E-state index contributed by atoms with van der Waals surface area (Å²) in [6.07, 6.45) is 7.55. The average Bonchev–Trinajstić information content (AvgIpc) is 3.11. The van der Waals surface area contributed by atoms with Gasteiger partial charge in [-0.2, -0.15) is 0 Å². The van der Waals surface area contributed by atoms with Crippen LogP contribution >= 0.6 is 0 Å². The molecule has 1 aliphatic rings. The Morgan fingerprint density at radius 2 is 1.40 bits per heavy atom. The van der Waals surface area contributed by atoms with Crippen molar-refractivity contribution in [3.05, 3.63) is 60.2 Å². The van der Waals surface area contributed by atoms with Gasteiger partial charge >= 0.3 is 0 Å². The predicted octanol–water partition coefficient (Wildman–Crippen LogP) is 2.29. The van der Waals surface area contributed by atoms with Crippen LogP contribution in [-0.4, -0.2) is 9.97 Å². The van der Waals surface area contributed by atoms with Crippen LogP contribution in [0.2, 0.25) is 0 Å². The molecule has 0 aromatic carbocycles. The van der Waals surface area contributed by atoms with Crippen molar-refractivity contribution in [3.8, 4) is 0 Å². The van der Waals surface area contributed by atoms with Gasteiger partial charge in [0, 0.05) is 35.9 Å². The topological polar surface area (TPSA) is 38.3 Å². The van der Waals surface area contributed by atoms with Gasteiger partial charge in [0.1, 0.15) is 12.2 Å². The van der Waals surface area contributed by atoms with E-state index in [2.05, 4.69) is 9.97 Å². The second-order valence-corrected chi connectivity index (χ2v) is 3.55. The number of aromatic nitrogens is 2. The molecule has 1 fully saturated rings. The van der Waals surface area contributed by atoms with E-state index in [0.717, 1.165) is 11.1 Å². The molecular formula is C12H10N2O. The minimum atomic E-state index is 0.155. The summed E-state index contributed by atoms with van der Waals surface area (Å²) < 4.78 is 5.61. The lowest BCUT2D eigenvalue weighted by Crippen LogP contribution is -1.85. The zero-order valence-electron chi connectivity index (χ0n) is 8.08. The maximum Gasteiger partial charge on any atom is 0.115 e. The molecule has 0 unspecified atom stereocenters. The Labute approximate surface area is 87.8 Å². The molecule has 2 aromatic heterocycles. The van der Waals surface area contributed by atoms with Gasteiger partial charge in [-0.25, -0.2) is 0 Å². The third-order valence-electron chi connectivity index (χ3n) is 2.52. The van der Waals surface area contributed by atoms with Crippen molar-refractivity contribution in [2.24, 2.45) is 0 Å². The summed E-state index contributed by atoms with van der Waals surface area (Å²) in [7, 11) is 0. The SMILES string of the molecule is c1cncc([C@H]2O[C@H]2c2cccnc2)c1. The van der Waals surface area contributed by atoms with Crippen LogP contribution in [0.4, 0.5) is 0 Å². The van der Waals surface area contributed by atoms with Crippen molar-refractivity contribution in [2.75, 3.05) is 0 Å². The first-order valence-electron chi connectivity index (χ1n) is 4.90. The summed E-state index contributed by atoms with van der Waals surface area (Å²) in [5.41, 5.74) is 2.26. The second-order valence-electron chi connectivity index (χ2n) is 3.55. The number of hydrogen-bond acceptors (Lipinski definition) is 3. The molecule has 3 heterocycles. The highest BCUT2D eigenvalue weighted by molar-refractivity contribution is 5.26. The first kappa shape index (κ1) is 8.56. The molecular weight excluding hydrogens is 188 g/mol. The summed E-state index contributed by atoms with van der Waals surface area (Å²) >= 11 is 0. The largest absolute Gasteiger partial charge is 0.359 e. The van der Waals surface area contributed by atoms with Gasteiger partial charge in [0.05, 0.1) is 0 Å². The van der Waals surface area contributed by atoms with Gasteiger partial charge in [-0.1, -0.05) is 12.1 Å². The van der Waals surface area contributed by atoms with Gasteiger partial charge in [-0.3, -0.25) is 9.97 Å². The van der Waals surface area contributed by atoms with Crippen LogP contribution in [0.5, 0.6) is 0 Å². The fourth-order valence-corrected chi connectivity index (χ4v) is 1.71. The van der Waals surface area contributed by atoms with Crippen LogP contribution in [0.1, 0.15) is 23.3 Å². The van der Waals surface area contributed by atoms with E-state index >= 15 is 0 Å². The molecule has 0 spiro atoms. The van der Waals surface area contributed by atoms with Crippen molar-refractivity contribution < 1.29 is 4.74 Å². The number of rotatable bonds is 2. The monoisotopic (exact) mass is 198 g/mol. The molecule has 1 aliphatic heterocycles. The van der Waals surface area contributed by atoms with E-state index < -0.39 is 0 Å². The molecule has 3 rings (SSSR count). The lowest BCUT2D eigenvalue weighted by molar-refractivity contribution is 0.377. The lowest BCUT2D eigenvalue weighted by atomic mass is 10.1. The van der Waals surface area contributed by atoms with Crippen LogP contribution in [0.25, 0.3) is 0 Å². The summed E-state index contributed by atoms with van der Waals surface area (Å²) in [6.45, 7) is 0. The van der Waals surface area contributed by atoms with Crippen LogP contribution in [0.3, 0.4) is 0 Å². The first-order valence-corrected chi connectivity index (χ1v) is 4.90. The Bertz CT molecular complexity index is 400. The highest BCUT2D eigenvalue weighted by Gasteiger charge is 2.41. The maximum absolute atomic E-state index is 5.61. The number of ether oxygens (including phenoxy) is 1. The van der Waals surface area contributed by atoms with E-state index in [9.17, 15) is 0 Å². The number of hydrogen-bond donors (Lipinski definition) is 0. The van der Waals surface area contributed by atoms with Gasteiger partial charge in [-0.05, 0) is 12.1 Å². The Morgan fingerprint density at radius 1 is 0.867 bits per heavy atom. The minimum absolute atomic E-state index is 0.155. The molecule has 74 valence electrons. The summed E-state index contributed by atoms with van der Waals surface area (Å²) in [6, 6.07) is 7.93. The second kappa shape index (κ2) is 3.44. The van der Waals surface area contributed by atoms with E-state index in [4.69, 9.17) is 4.74 Å². The summed E-state index contributed by atoms with van der Waals surface area (Å²) in [5, 5.41) is 0. The number of pyridine rings is 2. The quantitative estimate of drug-likeness (QED) is 0.695. The molecule has 0 bridgehead atoms. The molecule has 0 saturated carbocycles. The molecule has 1 saturated heterocycles. The van der Waals surface area contributed by atoms with Crippen LogP contribution in [0.15, 0.2) is 49.1 Å². The summed E-state index contributed by atoms with van der Waals surface area (Å²) in [5.74, 6) is 0. The van der Waals surface area contributed by atoms with Gasteiger partial charge in [0.15, 0.2) is 0 Å². The third-order valence-corrected chi connectivity index (χ3v) is 2.52. The molecule has 2 aromatic rings. The molecule has 0 amide bonds. The Morgan fingerprint density at radius 3 is 1.80 bits per heavy atom. The van der Waals surface area contributed by atoms with Crippen molar-refractivity contribution in [1.82, 2.24) is 9.97 Å². The molecule has 0 radical (unpaired) electrons. The van der Waals surface area contributed by atoms with Crippen molar-refractivity contribution in [1.29, 1.82) is 0 Å². The standard InChI is InChI=1S/C12H10N2O/c1-3-9(7-13-5-1)11-12(15-11)10-4-2-6-14-8-10/h1-8,11-12H/t11-,12+. The van der Waals surface area contributed by atoms with Crippen molar-refractivity contribution in [2.45, 2.75) is 12.2 Å². The predicted molar refractivity (Wildman–Crippen MR) is 55.0 cm³/mol. The lowest BCUT2D eigenvalue weighted by Gasteiger charge is -1.94. The normalized spacial score (nSPS) is 23.7. The fraction of sp³-hybridized carbons (Fsp3) is 0.167. The Balaban J connectivity index is 1.81. The fourth-order valence-electron chi connectivity index (χ4n) is 1.71. The van der Waals surface area contributed by atoms with E-state index in [1.54, 1.807) is 12.4 Å². The smallest absolute Gasteiger partial charge is 0.115 e. The number of nitrogens with zero attached hydrogens (tertiary/aromatic N) is 2. The molecule has 0 aliphatic carbocycles. The Kier molecular flexibility index (Phi) is 1.96. The van der Waals surface area contributed by atoms with E-state index in [-0.39, 0.29) is 12.2 Å². The highest BCUT2D eigenvalue weighted by atomic mass is 16.6. The molecule has 3 heteroatoms. The van der Waals surface area contributed by atoms with E-state index in [1.165, 1.54) is 0 Å². The third kappa shape index (κ3) is 1.62.